The minimum atomic E-state index is 0.608. The predicted molar refractivity (Wildman–Crippen MR) is 73.4 cm³/mol. The van der Waals surface area contributed by atoms with E-state index in [0.717, 1.165) is 16.7 Å². The summed E-state index contributed by atoms with van der Waals surface area (Å²) in [5.74, 6) is 0. The third kappa shape index (κ3) is 2.66. The average molecular weight is 309 g/mol. The van der Waals surface area contributed by atoms with Gasteiger partial charge in [0.15, 0.2) is 0 Å². The highest BCUT2D eigenvalue weighted by atomic mass is 79.9. The van der Waals surface area contributed by atoms with Crippen molar-refractivity contribution in [3.05, 3.63) is 34.8 Å². The van der Waals surface area contributed by atoms with Crippen molar-refractivity contribution in [1.82, 2.24) is 19.6 Å². The average Bonchev–Trinajstić information content (AvgIpc) is 3.01. The van der Waals surface area contributed by atoms with Gasteiger partial charge in [0.05, 0.1) is 29.0 Å². The second-order valence-electron chi connectivity index (χ2n) is 4.94. The van der Waals surface area contributed by atoms with Gasteiger partial charge in [-0.2, -0.15) is 10.2 Å². The topological polar surface area (TPSA) is 35.6 Å². The van der Waals surface area contributed by atoms with Gasteiger partial charge in [0.25, 0.3) is 0 Å². The molecule has 1 aliphatic rings. The zero-order chi connectivity index (χ0) is 12.4. The van der Waals surface area contributed by atoms with Crippen LogP contribution in [0.4, 0.5) is 0 Å². The predicted octanol–water partition coefficient (Wildman–Crippen LogP) is 3.40. The Hall–Kier alpha value is -1.10. The van der Waals surface area contributed by atoms with E-state index < -0.39 is 0 Å². The van der Waals surface area contributed by atoms with Crippen LogP contribution in [-0.4, -0.2) is 19.6 Å². The van der Waals surface area contributed by atoms with Crippen LogP contribution < -0.4 is 0 Å². The molecular formula is C13H17BrN4. The van der Waals surface area contributed by atoms with Gasteiger partial charge < -0.3 is 0 Å². The van der Waals surface area contributed by atoms with E-state index in [2.05, 4.69) is 43.1 Å². The monoisotopic (exact) mass is 308 g/mol. The Bertz CT molecular complexity index is 511. The highest BCUT2D eigenvalue weighted by molar-refractivity contribution is 9.10. The Morgan fingerprint density at radius 3 is 2.83 bits per heavy atom. The Balaban J connectivity index is 1.69. The van der Waals surface area contributed by atoms with Crippen LogP contribution in [0.3, 0.4) is 0 Å². The molecule has 0 saturated heterocycles. The second kappa shape index (κ2) is 5.26. The van der Waals surface area contributed by atoms with Gasteiger partial charge in [-0.25, -0.2) is 0 Å². The lowest BCUT2D eigenvalue weighted by molar-refractivity contribution is 0.327. The molecule has 0 spiro atoms. The van der Waals surface area contributed by atoms with Gasteiger partial charge in [-0.3, -0.25) is 9.36 Å². The largest absolute Gasteiger partial charge is 0.269 e. The minimum Gasteiger partial charge on any atom is -0.269 e. The van der Waals surface area contributed by atoms with E-state index >= 15 is 0 Å². The summed E-state index contributed by atoms with van der Waals surface area (Å²) >= 11 is 3.40. The lowest BCUT2D eigenvalue weighted by Gasteiger charge is -2.21. The van der Waals surface area contributed by atoms with Crippen molar-refractivity contribution in [3.8, 4) is 0 Å². The lowest BCUT2D eigenvalue weighted by atomic mass is 9.96. The number of rotatable bonds is 3. The molecule has 4 nitrogen and oxygen atoms in total. The second-order valence-corrected chi connectivity index (χ2v) is 5.85. The smallest absolute Gasteiger partial charge is 0.0850 e. The van der Waals surface area contributed by atoms with Crippen molar-refractivity contribution in [2.24, 2.45) is 0 Å². The van der Waals surface area contributed by atoms with Gasteiger partial charge in [0.2, 0.25) is 0 Å². The van der Waals surface area contributed by atoms with Gasteiger partial charge in [-0.1, -0.05) is 19.3 Å². The molecule has 3 rings (SSSR count). The van der Waals surface area contributed by atoms with E-state index in [1.807, 2.05) is 10.9 Å². The van der Waals surface area contributed by atoms with Gasteiger partial charge in [0, 0.05) is 12.4 Å². The summed E-state index contributed by atoms with van der Waals surface area (Å²) in [5, 5.41) is 8.93. The summed E-state index contributed by atoms with van der Waals surface area (Å²) in [6, 6.07) is 2.71. The van der Waals surface area contributed by atoms with E-state index in [0.29, 0.717) is 6.04 Å². The SMILES string of the molecule is Brc1cnn(Cc2ccn(C3CCCCC3)n2)c1. The van der Waals surface area contributed by atoms with E-state index in [-0.39, 0.29) is 0 Å². The molecule has 1 aliphatic carbocycles. The van der Waals surface area contributed by atoms with Crippen LogP contribution in [0.15, 0.2) is 29.1 Å². The van der Waals surface area contributed by atoms with Crippen molar-refractivity contribution < 1.29 is 0 Å². The molecule has 0 bridgehead atoms. The molecule has 2 aromatic heterocycles. The summed E-state index contributed by atoms with van der Waals surface area (Å²) in [6.07, 6.45) is 12.5. The molecule has 0 aliphatic heterocycles. The van der Waals surface area contributed by atoms with Gasteiger partial charge in [-0.05, 0) is 34.8 Å². The quantitative estimate of drug-likeness (QED) is 0.871. The standard InChI is InChI=1S/C13H17BrN4/c14-11-8-15-17(9-11)10-12-6-7-18(16-12)13-4-2-1-3-5-13/h6-9,13H,1-5,10H2. The Kier molecular flexibility index (Phi) is 3.50. The number of hydrogen-bond donors (Lipinski definition) is 0. The lowest BCUT2D eigenvalue weighted by Crippen LogP contribution is -2.13. The first-order chi connectivity index (χ1) is 8.81. The zero-order valence-corrected chi connectivity index (χ0v) is 11.9. The maximum Gasteiger partial charge on any atom is 0.0850 e. The number of hydrogen-bond acceptors (Lipinski definition) is 2. The molecule has 18 heavy (non-hydrogen) atoms. The van der Waals surface area contributed by atoms with Gasteiger partial charge in [-0.15, -0.1) is 0 Å². The van der Waals surface area contributed by atoms with E-state index in [4.69, 9.17) is 0 Å². The maximum absolute atomic E-state index is 4.68. The molecule has 1 fully saturated rings. The van der Waals surface area contributed by atoms with Gasteiger partial charge in [0.1, 0.15) is 0 Å². The third-order valence-electron chi connectivity index (χ3n) is 3.54. The Labute approximate surface area is 115 Å². The zero-order valence-electron chi connectivity index (χ0n) is 10.3. The number of nitrogens with zero attached hydrogens (tertiary/aromatic N) is 4. The molecule has 96 valence electrons. The van der Waals surface area contributed by atoms with E-state index in [1.165, 1.54) is 32.1 Å². The fourth-order valence-electron chi connectivity index (χ4n) is 2.60. The Morgan fingerprint density at radius 2 is 2.11 bits per heavy atom. The van der Waals surface area contributed by atoms with Crippen LogP contribution in [0.5, 0.6) is 0 Å². The van der Waals surface area contributed by atoms with Crippen molar-refractivity contribution in [2.45, 2.75) is 44.7 Å². The van der Waals surface area contributed by atoms with Crippen molar-refractivity contribution in [3.63, 3.8) is 0 Å². The molecule has 0 aromatic carbocycles. The van der Waals surface area contributed by atoms with E-state index in [9.17, 15) is 0 Å². The van der Waals surface area contributed by atoms with Crippen LogP contribution in [0.25, 0.3) is 0 Å². The van der Waals surface area contributed by atoms with Crippen LogP contribution in [-0.2, 0) is 6.54 Å². The molecule has 1 saturated carbocycles. The first-order valence-electron chi connectivity index (χ1n) is 6.53. The van der Waals surface area contributed by atoms with Crippen molar-refractivity contribution in [1.29, 1.82) is 0 Å². The first-order valence-corrected chi connectivity index (χ1v) is 7.32. The summed E-state index contributed by atoms with van der Waals surface area (Å²) in [4.78, 5) is 0. The van der Waals surface area contributed by atoms with Crippen LogP contribution >= 0.6 is 15.9 Å². The maximum atomic E-state index is 4.68. The fraction of sp³-hybridized carbons (Fsp3) is 0.538. The fourth-order valence-corrected chi connectivity index (χ4v) is 2.93. The minimum absolute atomic E-state index is 0.608. The third-order valence-corrected chi connectivity index (χ3v) is 3.95. The number of aromatic nitrogens is 4. The first kappa shape index (κ1) is 12.0. The van der Waals surface area contributed by atoms with Crippen molar-refractivity contribution in [2.75, 3.05) is 0 Å². The van der Waals surface area contributed by atoms with E-state index in [1.54, 1.807) is 6.20 Å². The highest BCUT2D eigenvalue weighted by Crippen LogP contribution is 2.27. The highest BCUT2D eigenvalue weighted by Gasteiger charge is 2.15. The molecule has 0 N–H and O–H groups in total. The molecule has 5 heteroatoms. The van der Waals surface area contributed by atoms with Crippen LogP contribution in [0.1, 0.15) is 43.8 Å². The Morgan fingerprint density at radius 1 is 1.28 bits per heavy atom. The summed E-state index contributed by atoms with van der Waals surface area (Å²) < 4.78 is 5.05. The number of halogens is 1. The normalized spacial score (nSPS) is 17.2. The summed E-state index contributed by atoms with van der Waals surface area (Å²) in [7, 11) is 0. The molecule has 0 radical (unpaired) electrons. The summed E-state index contributed by atoms with van der Waals surface area (Å²) in [6.45, 7) is 0.741. The van der Waals surface area contributed by atoms with Gasteiger partial charge >= 0.3 is 0 Å². The molecule has 2 heterocycles. The molecule has 0 unspecified atom stereocenters. The van der Waals surface area contributed by atoms with Crippen LogP contribution in [0, 0.1) is 0 Å². The molecule has 2 aromatic rings. The molecular weight excluding hydrogens is 292 g/mol. The molecule has 0 atom stereocenters. The van der Waals surface area contributed by atoms with Crippen LogP contribution in [0.2, 0.25) is 0 Å². The summed E-state index contributed by atoms with van der Waals surface area (Å²) in [5.41, 5.74) is 1.08. The molecule has 0 amide bonds. The van der Waals surface area contributed by atoms with Crippen molar-refractivity contribution >= 4 is 15.9 Å².